The lowest BCUT2D eigenvalue weighted by Crippen LogP contribution is -2.44. The van der Waals surface area contributed by atoms with Crippen LogP contribution >= 0.6 is 0 Å². The first-order chi connectivity index (χ1) is 8.70. The van der Waals surface area contributed by atoms with E-state index in [1.165, 1.54) is 12.1 Å². The molecule has 0 bridgehead atoms. The van der Waals surface area contributed by atoms with Gasteiger partial charge in [-0.3, -0.25) is 10.1 Å². The van der Waals surface area contributed by atoms with Gasteiger partial charge in [0.05, 0.1) is 24.2 Å². The average Bonchev–Trinajstić information content (AvgIpc) is 2.39. The minimum absolute atomic E-state index is 0.0546. The molecule has 2 rings (SSSR count). The number of hydrogen-bond donors (Lipinski definition) is 0. The Kier molecular flexibility index (Phi) is 4.11. The maximum Gasteiger partial charge on any atom is 0.269 e. The van der Waals surface area contributed by atoms with Crippen LogP contribution in [0.4, 0.5) is 11.4 Å². The third-order valence-corrected chi connectivity index (χ3v) is 2.92. The minimum Gasteiger partial charge on any atom is -0.382 e. The second kappa shape index (κ2) is 5.79. The Hall–Kier alpha value is -1.66. The van der Waals surface area contributed by atoms with Crippen LogP contribution in [0.1, 0.15) is 0 Å². The molecule has 1 aromatic carbocycles. The molecule has 1 aliphatic rings. The van der Waals surface area contributed by atoms with Crippen LogP contribution in [0.5, 0.6) is 0 Å². The summed E-state index contributed by atoms with van der Waals surface area (Å²) in [6.45, 7) is 2.73. The summed E-state index contributed by atoms with van der Waals surface area (Å²) in [5.41, 5.74) is 1.09. The summed E-state index contributed by atoms with van der Waals surface area (Å²) < 4.78 is 10.6. The first-order valence-corrected chi connectivity index (χ1v) is 5.80. The number of nitro benzene ring substituents is 1. The molecule has 0 radical (unpaired) electrons. The minimum atomic E-state index is -0.392. The molecule has 0 saturated carbocycles. The number of benzene rings is 1. The van der Waals surface area contributed by atoms with E-state index in [4.69, 9.17) is 9.47 Å². The van der Waals surface area contributed by atoms with Crippen LogP contribution in [0, 0.1) is 10.1 Å². The number of ether oxygens (including phenoxy) is 2. The molecule has 1 aromatic rings. The van der Waals surface area contributed by atoms with E-state index in [1.54, 1.807) is 19.2 Å². The van der Waals surface area contributed by atoms with Crippen molar-refractivity contribution < 1.29 is 14.4 Å². The maximum absolute atomic E-state index is 10.6. The predicted molar refractivity (Wildman–Crippen MR) is 66.9 cm³/mol. The zero-order chi connectivity index (χ0) is 13.0. The monoisotopic (exact) mass is 252 g/mol. The third-order valence-electron chi connectivity index (χ3n) is 2.92. The molecule has 0 amide bonds. The van der Waals surface area contributed by atoms with Crippen LogP contribution in [-0.4, -0.2) is 44.4 Å². The van der Waals surface area contributed by atoms with Gasteiger partial charge in [0.2, 0.25) is 0 Å². The fourth-order valence-corrected chi connectivity index (χ4v) is 2.03. The van der Waals surface area contributed by atoms with Crippen LogP contribution in [0.2, 0.25) is 0 Å². The number of anilines is 1. The van der Waals surface area contributed by atoms with Gasteiger partial charge in [-0.25, -0.2) is 0 Å². The predicted octanol–water partition coefficient (Wildman–Crippen LogP) is 1.45. The molecule has 1 heterocycles. The highest BCUT2D eigenvalue weighted by Gasteiger charge is 2.20. The number of hydrogen-bond acceptors (Lipinski definition) is 5. The molecule has 1 atom stereocenters. The number of rotatable bonds is 4. The van der Waals surface area contributed by atoms with Crippen LogP contribution in [0.15, 0.2) is 24.3 Å². The van der Waals surface area contributed by atoms with Gasteiger partial charge in [-0.05, 0) is 12.1 Å². The van der Waals surface area contributed by atoms with E-state index in [0.29, 0.717) is 13.2 Å². The van der Waals surface area contributed by atoms with E-state index in [-0.39, 0.29) is 11.8 Å². The highest BCUT2D eigenvalue weighted by Crippen LogP contribution is 2.21. The molecule has 18 heavy (non-hydrogen) atoms. The van der Waals surface area contributed by atoms with Gasteiger partial charge in [-0.2, -0.15) is 0 Å². The molecule has 6 nitrogen and oxygen atoms in total. The lowest BCUT2D eigenvalue weighted by molar-refractivity contribution is -0.384. The molecule has 0 spiro atoms. The van der Waals surface area contributed by atoms with Crippen LogP contribution in [0.3, 0.4) is 0 Å². The molecule has 0 aromatic heterocycles. The molecule has 98 valence electrons. The molecule has 1 fully saturated rings. The van der Waals surface area contributed by atoms with E-state index < -0.39 is 4.92 Å². The van der Waals surface area contributed by atoms with Gasteiger partial charge in [0.15, 0.2) is 0 Å². The number of morpholine rings is 1. The normalized spacial score (nSPS) is 19.8. The Balaban J connectivity index is 2.04. The summed E-state index contributed by atoms with van der Waals surface area (Å²) >= 11 is 0. The van der Waals surface area contributed by atoms with Crippen molar-refractivity contribution in [2.24, 2.45) is 0 Å². The summed E-state index contributed by atoms with van der Waals surface area (Å²) in [7, 11) is 1.65. The van der Waals surface area contributed by atoms with Crippen molar-refractivity contribution in [3.63, 3.8) is 0 Å². The van der Waals surface area contributed by atoms with Gasteiger partial charge in [0.1, 0.15) is 0 Å². The van der Waals surface area contributed by atoms with Crippen molar-refractivity contribution in [1.29, 1.82) is 0 Å². The Morgan fingerprint density at radius 3 is 2.83 bits per heavy atom. The van der Waals surface area contributed by atoms with E-state index in [1.807, 2.05) is 0 Å². The third kappa shape index (κ3) is 2.96. The zero-order valence-electron chi connectivity index (χ0n) is 10.2. The van der Waals surface area contributed by atoms with E-state index in [2.05, 4.69) is 4.90 Å². The number of methoxy groups -OCH3 is 1. The summed E-state index contributed by atoms with van der Waals surface area (Å²) in [5, 5.41) is 10.6. The van der Waals surface area contributed by atoms with Crippen LogP contribution in [0.25, 0.3) is 0 Å². The van der Waals surface area contributed by atoms with Crippen molar-refractivity contribution in [2.75, 3.05) is 38.3 Å². The SMILES string of the molecule is COC[C@@H]1CN(c2ccc([N+](=O)[O-])cc2)CCO1. The molecular weight excluding hydrogens is 236 g/mol. The largest absolute Gasteiger partial charge is 0.382 e. The summed E-state index contributed by atoms with van der Waals surface area (Å²) in [6, 6.07) is 6.59. The quantitative estimate of drug-likeness (QED) is 0.599. The molecule has 0 aliphatic carbocycles. The molecule has 0 N–H and O–H groups in total. The second-order valence-electron chi connectivity index (χ2n) is 4.17. The van der Waals surface area contributed by atoms with Gasteiger partial charge in [-0.15, -0.1) is 0 Å². The van der Waals surface area contributed by atoms with Gasteiger partial charge in [0, 0.05) is 38.0 Å². The maximum atomic E-state index is 10.6. The highest BCUT2D eigenvalue weighted by atomic mass is 16.6. The Morgan fingerprint density at radius 1 is 1.50 bits per heavy atom. The topological polar surface area (TPSA) is 64.8 Å². The van der Waals surface area contributed by atoms with Gasteiger partial charge in [-0.1, -0.05) is 0 Å². The molecule has 1 aliphatic heterocycles. The lowest BCUT2D eigenvalue weighted by Gasteiger charge is -2.34. The lowest BCUT2D eigenvalue weighted by atomic mass is 10.2. The summed E-state index contributed by atoms with van der Waals surface area (Å²) in [6.07, 6.45) is 0.0546. The number of nitro groups is 1. The Morgan fingerprint density at radius 2 is 2.22 bits per heavy atom. The second-order valence-corrected chi connectivity index (χ2v) is 4.17. The standard InChI is InChI=1S/C12H16N2O4/c1-17-9-12-8-13(6-7-18-12)10-2-4-11(5-3-10)14(15)16/h2-5,12H,6-9H2,1H3/t12-/m0/s1. The van der Waals surface area contributed by atoms with Crippen molar-refractivity contribution >= 4 is 11.4 Å². The molecular formula is C12H16N2O4. The van der Waals surface area contributed by atoms with E-state index in [0.717, 1.165) is 18.8 Å². The van der Waals surface area contributed by atoms with Crippen LogP contribution in [-0.2, 0) is 9.47 Å². The smallest absolute Gasteiger partial charge is 0.269 e. The zero-order valence-corrected chi connectivity index (χ0v) is 10.2. The van der Waals surface area contributed by atoms with Gasteiger partial charge < -0.3 is 14.4 Å². The van der Waals surface area contributed by atoms with Crippen LogP contribution < -0.4 is 4.90 Å². The Labute approximate surface area is 105 Å². The van der Waals surface area contributed by atoms with Crippen molar-refractivity contribution in [3.8, 4) is 0 Å². The number of non-ortho nitro benzene ring substituents is 1. The van der Waals surface area contributed by atoms with Crippen molar-refractivity contribution in [1.82, 2.24) is 0 Å². The highest BCUT2D eigenvalue weighted by molar-refractivity contribution is 5.51. The number of nitrogens with zero attached hydrogens (tertiary/aromatic N) is 2. The van der Waals surface area contributed by atoms with Crippen molar-refractivity contribution in [3.05, 3.63) is 34.4 Å². The molecule has 0 unspecified atom stereocenters. The van der Waals surface area contributed by atoms with E-state index >= 15 is 0 Å². The fourth-order valence-electron chi connectivity index (χ4n) is 2.03. The van der Waals surface area contributed by atoms with Crippen molar-refractivity contribution in [2.45, 2.75) is 6.10 Å². The first-order valence-electron chi connectivity index (χ1n) is 5.80. The average molecular weight is 252 g/mol. The summed E-state index contributed by atoms with van der Waals surface area (Å²) in [5.74, 6) is 0. The fraction of sp³-hybridized carbons (Fsp3) is 0.500. The summed E-state index contributed by atoms with van der Waals surface area (Å²) in [4.78, 5) is 12.3. The molecule has 6 heteroatoms. The molecule has 1 saturated heterocycles. The van der Waals surface area contributed by atoms with Gasteiger partial charge >= 0.3 is 0 Å². The first kappa shape index (κ1) is 12.8. The van der Waals surface area contributed by atoms with Gasteiger partial charge in [0.25, 0.3) is 5.69 Å². The Bertz CT molecular complexity index is 405. The van der Waals surface area contributed by atoms with E-state index in [9.17, 15) is 10.1 Å².